The summed E-state index contributed by atoms with van der Waals surface area (Å²) in [4.78, 5) is 12.7. The monoisotopic (exact) mass is 972 g/mol. The van der Waals surface area contributed by atoms with E-state index >= 15 is 0 Å². The Labute approximate surface area is 411 Å². The van der Waals surface area contributed by atoms with E-state index in [2.05, 4.69) is 24.4 Å². The van der Waals surface area contributed by atoms with Crippen molar-refractivity contribution < 1.29 is 64.6 Å². The Bertz CT molecular complexity index is 1240. The van der Waals surface area contributed by atoms with Crippen LogP contribution in [0.15, 0.2) is 24.3 Å². The molecule has 0 aromatic heterocycles. The van der Waals surface area contributed by atoms with Crippen LogP contribution in [-0.4, -0.2) is 140 Å². The van der Waals surface area contributed by atoms with Crippen molar-refractivity contribution >= 4 is 5.91 Å². The van der Waals surface area contributed by atoms with E-state index in [1.165, 1.54) is 167 Å². The van der Waals surface area contributed by atoms with Gasteiger partial charge in [0.1, 0.15) is 48.8 Å². The lowest BCUT2D eigenvalue weighted by molar-refractivity contribution is -0.359. The van der Waals surface area contributed by atoms with Gasteiger partial charge < -0.3 is 65.1 Å². The lowest BCUT2D eigenvalue weighted by Crippen LogP contribution is -2.65. The molecule has 2 heterocycles. The molecular weight excluding hydrogens is 871 g/mol. The fourth-order valence-electron chi connectivity index (χ4n) is 9.11. The van der Waals surface area contributed by atoms with Crippen LogP contribution in [0.2, 0.25) is 0 Å². The van der Waals surface area contributed by atoms with Crippen molar-refractivity contribution in [1.29, 1.82) is 0 Å². The molecule has 2 saturated heterocycles. The van der Waals surface area contributed by atoms with Crippen LogP contribution in [0.4, 0.5) is 0 Å². The summed E-state index contributed by atoms with van der Waals surface area (Å²) in [6, 6.07) is -0.923. The molecule has 400 valence electrons. The van der Waals surface area contributed by atoms with Crippen LogP contribution in [-0.2, 0) is 23.7 Å². The number of hydrogen-bond donors (Lipinski definition) is 9. The molecular formula is C54H101NO13. The maximum atomic E-state index is 12.7. The number of ether oxygens (including phenoxy) is 4. The van der Waals surface area contributed by atoms with Crippen molar-refractivity contribution in [3.8, 4) is 0 Å². The standard InChI is InChI=1S/C54H101NO13/c1-3-5-7-8-9-10-11-12-13-14-15-16-17-18-19-20-21-22-23-24-25-26-27-28-29-30-31-32-33-34-35-36-37-43(58)42(55-46(59)38-6-4-2)41-65-53-51(64)49(62)52(45(40-57)67-53)68-54-50(63)48(61)47(60)44(39-56)66-54/h32-33,36-37,42-45,47-54,56-58,60-64H,3-31,34-35,38-41H2,1-2H3,(H,55,59)/b33-32+,37-36+. The highest BCUT2D eigenvalue weighted by molar-refractivity contribution is 5.76. The topological polar surface area (TPSA) is 228 Å². The van der Waals surface area contributed by atoms with Crippen molar-refractivity contribution in [2.24, 2.45) is 0 Å². The van der Waals surface area contributed by atoms with Crippen LogP contribution in [0, 0.1) is 0 Å². The van der Waals surface area contributed by atoms with Crippen molar-refractivity contribution in [3.05, 3.63) is 24.3 Å². The molecule has 9 N–H and O–H groups in total. The van der Waals surface area contributed by atoms with Crippen molar-refractivity contribution in [3.63, 3.8) is 0 Å². The molecule has 0 saturated carbocycles. The molecule has 0 aliphatic carbocycles. The minimum atomic E-state index is -1.79. The second-order valence-corrected chi connectivity index (χ2v) is 19.7. The number of hydrogen-bond acceptors (Lipinski definition) is 13. The van der Waals surface area contributed by atoms with Gasteiger partial charge in [0.25, 0.3) is 0 Å². The largest absolute Gasteiger partial charge is 0.394 e. The highest BCUT2D eigenvalue weighted by Gasteiger charge is 2.51. The molecule has 0 radical (unpaired) electrons. The molecule has 0 spiro atoms. The van der Waals surface area contributed by atoms with Gasteiger partial charge in [-0.2, -0.15) is 0 Å². The molecule has 2 aliphatic heterocycles. The summed E-state index contributed by atoms with van der Waals surface area (Å²) in [5.41, 5.74) is 0. The van der Waals surface area contributed by atoms with Gasteiger partial charge in [0, 0.05) is 6.42 Å². The summed E-state index contributed by atoms with van der Waals surface area (Å²) in [7, 11) is 0. The van der Waals surface area contributed by atoms with Gasteiger partial charge in [-0.15, -0.1) is 0 Å². The van der Waals surface area contributed by atoms with Crippen LogP contribution in [0.25, 0.3) is 0 Å². The average Bonchev–Trinajstić information content (AvgIpc) is 3.34. The molecule has 68 heavy (non-hydrogen) atoms. The summed E-state index contributed by atoms with van der Waals surface area (Å²) in [6.07, 6.45) is 31.3. The third-order valence-corrected chi connectivity index (χ3v) is 13.6. The zero-order chi connectivity index (χ0) is 49.6. The van der Waals surface area contributed by atoms with Crippen molar-refractivity contribution in [1.82, 2.24) is 5.32 Å². The first-order chi connectivity index (χ1) is 33.1. The fraction of sp³-hybridized carbons (Fsp3) is 0.907. The number of aliphatic hydroxyl groups excluding tert-OH is 8. The molecule has 12 atom stereocenters. The lowest BCUT2D eigenvalue weighted by Gasteiger charge is -2.46. The number of unbranched alkanes of at least 4 members (excludes halogenated alkanes) is 28. The quantitative estimate of drug-likeness (QED) is 0.0208. The summed E-state index contributed by atoms with van der Waals surface area (Å²) < 4.78 is 22.5. The Hall–Kier alpha value is -1.53. The lowest BCUT2D eigenvalue weighted by atomic mass is 9.97. The molecule has 14 heteroatoms. The van der Waals surface area contributed by atoms with Gasteiger partial charge in [0.05, 0.1) is 32.0 Å². The first-order valence-corrected chi connectivity index (χ1v) is 27.6. The van der Waals surface area contributed by atoms with Crippen LogP contribution in [0.3, 0.4) is 0 Å². The van der Waals surface area contributed by atoms with E-state index in [1.807, 2.05) is 13.0 Å². The summed E-state index contributed by atoms with van der Waals surface area (Å²) in [5.74, 6) is -0.284. The Morgan fingerprint density at radius 3 is 1.43 bits per heavy atom. The van der Waals surface area contributed by atoms with Gasteiger partial charge in [-0.25, -0.2) is 0 Å². The maximum absolute atomic E-state index is 12.7. The number of amides is 1. The second-order valence-electron chi connectivity index (χ2n) is 19.7. The third-order valence-electron chi connectivity index (χ3n) is 13.6. The van der Waals surface area contributed by atoms with Crippen LogP contribution < -0.4 is 5.32 Å². The zero-order valence-electron chi connectivity index (χ0n) is 42.6. The van der Waals surface area contributed by atoms with Gasteiger partial charge in [0.15, 0.2) is 12.6 Å². The predicted molar refractivity (Wildman–Crippen MR) is 268 cm³/mol. The second kappa shape index (κ2) is 41.0. The zero-order valence-corrected chi connectivity index (χ0v) is 42.6. The van der Waals surface area contributed by atoms with E-state index in [9.17, 15) is 45.6 Å². The molecule has 0 bridgehead atoms. The number of carbonyl (C=O) groups is 1. The SMILES string of the molecule is CCCCCCCCCCCCCCCCCCCCCCCCCCCC/C=C/CC/C=C/C(O)C(COC1OC(CO)C(OC2OC(CO)C(O)C(O)C2O)C(O)C1O)NC(=O)CCCC. The Morgan fingerprint density at radius 1 is 0.515 bits per heavy atom. The minimum absolute atomic E-state index is 0.249. The first-order valence-electron chi connectivity index (χ1n) is 27.6. The Morgan fingerprint density at radius 2 is 0.941 bits per heavy atom. The number of allylic oxidation sites excluding steroid dienone is 3. The van der Waals surface area contributed by atoms with E-state index in [0.29, 0.717) is 12.8 Å². The molecule has 12 unspecified atom stereocenters. The minimum Gasteiger partial charge on any atom is -0.394 e. The number of rotatable bonds is 43. The average molecular weight is 972 g/mol. The van der Waals surface area contributed by atoms with Crippen molar-refractivity contribution in [2.75, 3.05) is 19.8 Å². The maximum Gasteiger partial charge on any atom is 0.220 e. The summed E-state index contributed by atoms with van der Waals surface area (Å²) in [6.45, 7) is 2.52. The van der Waals surface area contributed by atoms with Crippen LogP contribution in [0.1, 0.15) is 219 Å². The Kier molecular flexibility index (Phi) is 37.7. The van der Waals surface area contributed by atoms with Gasteiger partial charge >= 0.3 is 0 Å². The molecule has 1 amide bonds. The van der Waals surface area contributed by atoms with Gasteiger partial charge in [0.2, 0.25) is 5.91 Å². The molecule has 2 aliphatic rings. The number of aliphatic hydroxyl groups is 8. The fourth-order valence-corrected chi connectivity index (χ4v) is 9.11. The first kappa shape index (κ1) is 62.6. The van der Waals surface area contributed by atoms with Crippen molar-refractivity contribution in [2.45, 2.75) is 293 Å². The van der Waals surface area contributed by atoms with Crippen LogP contribution >= 0.6 is 0 Å². The molecule has 2 fully saturated rings. The van der Waals surface area contributed by atoms with E-state index in [0.717, 1.165) is 19.3 Å². The highest BCUT2D eigenvalue weighted by atomic mass is 16.7. The number of carbonyl (C=O) groups excluding carboxylic acids is 1. The normalized spacial score (nSPS) is 26.5. The highest BCUT2D eigenvalue weighted by Crippen LogP contribution is 2.30. The van der Waals surface area contributed by atoms with Gasteiger partial charge in [-0.05, 0) is 32.1 Å². The molecule has 0 aromatic carbocycles. The van der Waals surface area contributed by atoms with E-state index in [-0.39, 0.29) is 18.9 Å². The van der Waals surface area contributed by atoms with E-state index < -0.39 is 86.8 Å². The van der Waals surface area contributed by atoms with Gasteiger partial charge in [-0.3, -0.25) is 4.79 Å². The number of nitrogens with one attached hydrogen (secondary N) is 1. The summed E-state index contributed by atoms with van der Waals surface area (Å²) in [5, 5.41) is 85.9. The molecule has 2 rings (SSSR count). The smallest absolute Gasteiger partial charge is 0.220 e. The van der Waals surface area contributed by atoms with E-state index in [4.69, 9.17) is 18.9 Å². The summed E-state index contributed by atoms with van der Waals surface area (Å²) >= 11 is 0. The third kappa shape index (κ3) is 27.3. The Balaban J connectivity index is 1.55. The molecule has 14 nitrogen and oxygen atoms in total. The molecule has 0 aromatic rings. The van der Waals surface area contributed by atoms with Gasteiger partial charge in [-0.1, -0.05) is 205 Å². The van der Waals surface area contributed by atoms with Crippen LogP contribution in [0.5, 0.6) is 0 Å². The predicted octanol–water partition coefficient (Wildman–Crippen LogP) is 8.11. The van der Waals surface area contributed by atoms with E-state index in [1.54, 1.807) is 6.08 Å².